The van der Waals surface area contributed by atoms with E-state index in [1.54, 1.807) is 0 Å². The Balaban J connectivity index is 1.53. The van der Waals surface area contributed by atoms with E-state index in [1.807, 2.05) is 12.1 Å². The number of rotatable bonds is 2. The van der Waals surface area contributed by atoms with Gasteiger partial charge in [0.2, 0.25) is 0 Å². The molecule has 1 fully saturated rings. The maximum absolute atomic E-state index is 5.71. The van der Waals surface area contributed by atoms with E-state index < -0.39 is 0 Å². The van der Waals surface area contributed by atoms with Crippen molar-refractivity contribution in [1.82, 2.24) is 15.1 Å². The Labute approximate surface area is 171 Å². The normalized spacial score (nSPS) is 19.8. The van der Waals surface area contributed by atoms with Crippen molar-refractivity contribution in [3.05, 3.63) is 95.2 Å². The van der Waals surface area contributed by atoms with Crippen molar-refractivity contribution >= 4 is 22.2 Å². The average Bonchev–Trinajstić information content (AvgIpc) is 2.96. The topological polar surface area (TPSA) is 55.0 Å². The molecule has 0 saturated carbocycles. The van der Waals surface area contributed by atoms with Gasteiger partial charge >= 0.3 is 0 Å². The molecule has 3 aromatic rings. The molecule has 0 amide bonds. The number of hydrogen-bond acceptors (Lipinski definition) is 4. The molecule has 0 radical (unpaired) electrons. The van der Waals surface area contributed by atoms with Crippen LogP contribution in [-0.2, 0) is 0 Å². The molecule has 1 saturated heterocycles. The van der Waals surface area contributed by atoms with E-state index in [9.17, 15) is 0 Å². The highest BCUT2D eigenvalue weighted by molar-refractivity contribution is 5.83. The van der Waals surface area contributed by atoms with Crippen LogP contribution in [0.2, 0.25) is 0 Å². The molecule has 2 N–H and O–H groups in total. The van der Waals surface area contributed by atoms with Crippen LogP contribution in [-0.4, -0.2) is 35.2 Å². The minimum absolute atomic E-state index is 0.370. The highest BCUT2D eigenvalue weighted by Crippen LogP contribution is 2.38. The molecule has 2 aromatic carbocycles. The van der Waals surface area contributed by atoms with Gasteiger partial charge in [-0.1, -0.05) is 54.6 Å². The molecule has 0 bridgehead atoms. The average molecular weight is 380 g/mol. The number of nitrogens with two attached hydrogens (primary N) is 1. The standard InChI is InChI=1S/C25H24N4/c1-29-15-21-14-20(24-11-12-25(26)28-27-24)7-4-8-22(21)23(16-29)19-10-9-17-5-2-3-6-18(17)13-19/h2-3,5-14,23H,4,15-16H2,1H3,(H2,26,28). The fourth-order valence-corrected chi connectivity index (χ4v) is 4.43. The molecule has 1 atom stereocenters. The van der Waals surface area contributed by atoms with Gasteiger partial charge in [-0.05, 0) is 64.7 Å². The largest absolute Gasteiger partial charge is 0.382 e. The highest BCUT2D eigenvalue weighted by atomic mass is 15.1. The lowest BCUT2D eigenvalue weighted by molar-refractivity contribution is 0.326. The first kappa shape index (κ1) is 17.8. The Hall–Kier alpha value is -3.24. The summed E-state index contributed by atoms with van der Waals surface area (Å²) in [5.41, 5.74) is 11.9. The Morgan fingerprint density at radius 2 is 1.83 bits per heavy atom. The lowest BCUT2D eigenvalue weighted by atomic mass is 9.81. The Bertz CT molecular complexity index is 1150. The van der Waals surface area contributed by atoms with Gasteiger partial charge in [-0.25, -0.2) is 0 Å². The maximum atomic E-state index is 5.71. The summed E-state index contributed by atoms with van der Waals surface area (Å²) in [7, 11) is 2.20. The molecule has 144 valence electrons. The van der Waals surface area contributed by atoms with E-state index in [4.69, 9.17) is 5.73 Å². The Morgan fingerprint density at radius 1 is 0.966 bits per heavy atom. The Kier molecular flexibility index (Phi) is 4.49. The highest BCUT2D eigenvalue weighted by Gasteiger charge is 2.28. The molecule has 1 aromatic heterocycles. The zero-order valence-electron chi connectivity index (χ0n) is 16.5. The number of likely N-dealkylation sites (tertiary alicyclic amines) is 1. The van der Waals surface area contributed by atoms with Crippen LogP contribution in [0.4, 0.5) is 5.82 Å². The maximum Gasteiger partial charge on any atom is 0.146 e. The van der Waals surface area contributed by atoms with Crippen LogP contribution < -0.4 is 5.73 Å². The van der Waals surface area contributed by atoms with Crippen molar-refractivity contribution in [2.45, 2.75) is 12.3 Å². The third-order valence-electron chi connectivity index (χ3n) is 5.84. The van der Waals surface area contributed by atoms with E-state index >= 15 is 0 Å². The van der Waals surface area contributed by atoms with Gasteiger partial charge in [0.15, 0.2) is 0 Å². The number of piperidine rings is 1. The summed E-state index contributed by atoms with van der Waals surface area (Å²) in [4.78, 5) is 2.40. The van der Waals surface area contributed by atoms with Crippen LogP contribution >= 0.6 is 0 Å². The summed E-state index contributed by atoms with van der Waals surface area (Å²) >= 11 is 0. The smallest absolute Gasteiger partial charge is 0.146 e. The summed E-state index contributed by atoms with van der Waals surface area (Å²) in [6.45, 7) is 1.97. The minimum Gasteiger partial charge on any atom is -0.382 e. The van der Waals surface area contributed by atoms with Gasteiger partial charge in [-0.2, -0.15) is 0 Å². The third-order valence-corrected chi connectivity index (χ3v) is 5.84. The monoisotopic (exact) mass is 380 g/mol. The van der Waals surface area contributed by atoms with Crippen LogP contribution in [0.3, 0.4) is 0 Å². The molecule has 5 rings (SSSR count). The molecule has 1 aliphatic heterocycles. The van der Waals surface area contributed by atoms with Gasteiger partial charge in [0.1, 0.15) is 5.82 Å². The predicted octanol–water partition coefficient (Wildman–Crippen LogP) is 4.58. The number of allylic oxidation sites excluding steroid dienone is 4. The van der Waals surface area contributed by atoms with Crippen molar-refractivity contribution in [3.63, 3.8) is 0 Å². The van der Waals surface area contributed by atoms with E-state index in [-0.39, 0.29) is 0 Å². The summed E-state index contributed by atoms with van der Waals surface area (Å²) in [6, 6.07) is 19.2. The molecular formula is C25H24N4. The SMILES string of the molecule is CN1CC2=CC(c3ccc(N)nn3)=CCC=C2C(c2ccc3ccccc3c2)C1. The van der Waals surface area contributed by atoms with Gasteiger partial charge in [0.25, 0.3) is 0 Å². The van der Waals surface area contributed by atoms with Gasteiger partial charge in [0.05, 0.1) is 5.69 Å². The molecule has 1 unspecified atom stereocenters. The zero-order chi connectivity index (χ0) is 19.8. The summed E-state index contributed by atoms with van der Waals surface area (Å²) in [5.74, 6) is 0.818. The first-order chi connectivity index (χ1) is 14.2. The summed E-state index contributed by atoms with van der Waals surface area (Å²) in [5, 5.41) is 10.9. The molecule has 4 nitrogen and oxygen atoms in total. The van der Waals surface area contributed by atoms with Crippen LogP contribution in [0.5, 0.6) is 0 Å². The number of nitrogens with zero attached hydrogens (tertiary/aromatic N) is 3. The van der Waals surface area contributed by atoms with Crippen molar-refractivity contribution < 1.29 is 0 Å². The summed E-state index contributed by atoms with van der Waals surface area (Å²) in [6.07, 6.45) is 7.79. The molecule has 2 heterocycles. The van der Waals surface area contributed by atoms with Gasteiger partial charge in [0, 0.05) is 19.0 Å². The molecule has 1 aliphatic carbocycles. The second-order valence-corrected chi connectivity index (χ2v) is 7.92. The Morgan fingerprint density at radius 3 is 2.66 bits per heavy atom. The fraction of sp³-hybridized carbons (Fsp3) is 0.200. The molecule has 0 spiro atoms. The molecule has 29 heavy (non-hydrogen) atoms. The number of aromatic nitrogens is 2. The zero-order valence-corrected chi connectivity index (χ0v) is 16.5. The van der Waals surface area contributed by atoms with Crippen molar-refractivity contribution in [2.24, 2.45) is 0 Å². The second kappa shape index (κ2) is 7.30. The molecule has 2 aliphatic rings. The van der Waals surface area contributed by atoms with Crippen LogP contribution in [0.1, 0.15) is 23.6 Å². The van der Waals surface area contributed by atoms with Crippen molar-refractivity contribution in [2.75, 3.05) is 25.9 Å². The molecule has 4 heteroatoms. The van der Waals surface area contributed by atoms with Crippen LogP contribution in [0.15, 0.2) is 84.0 Å². The lowest BCUT2D eigenvalue weighted by Gasteiger charge is -2.35. The quantitative estimate of drug-likeness (QED) is 0.707. The van der Waals surface area contributed by atoms with E-state index in [0.717, 1.165) is 30.8 Å². The first-order valence-corrected chi connectivity index (χ1v) is 10.1. The minimum atomic E-state index is 0.370. The first-order valence-electron chi connectivity index (χ1n) is 10.1. The number of fused-ring (bicyclic) bond motifs is 2. The lowest BCUT2D eigenvalue weighted by Crippen LogP contribution is -2.34. The number of hydrogen-bond donors (Lipinski definition) is 1. The van der Waals surface area contributed by atoms with Crippen LogP contribution in [0.25, 0.3) is 16.3 Å². The van der Waals surface area contributed by atoms with E-state index in [0.29, 0.717) is 11.7 Å². The number of likely N-dealkylation sites (N-methyl/N-ethyl adjacent to an activating group) is 1. The van der Waals surface area contributed by atoms with Crippen molar-refractivity contribution in [1.29, 1.82) is 0 Å². The predicted molar refractivity (Wildman–Crippen MR) is 119 cm³/mol. The number of benzene rings is 2. The van der Waals surface area contributed by atoms with Crippen LogP contribution in [0, 0.1) is 0 Å². The van der Waals surface area contributed by atoms with Gasteiger partial charge in [-0.15, -0.1) is 10.2 Å². The third kappa shape index (κ3) is 3.47. The van der Waals surface area contributed by atoms with Gasteiger partial charge < -0.3 is 10.6 Å². The van der Waals surface area contributed by atoms with E-state index in [2.05, 4.69) is 82.8 Å². The number of anilines is 1. The number of nitrogen functional groups attached to an aromatic ring is 1. The molecular weight excluding hydrogens is 356 g/mol. The fourth-order valence-electron chi connectivity index (χ4n) is 4.43. The van der Waals surface area contributed by atoms with E-state index in [1.165, 1.54) is 27.5 Å². The van der Waals surface area contributed by atoms with Crippen molar-refractivity contribution in [3.8, 4) is 0 Å². The second-order valence-electron chi connectivity index (χ2n) is 7.92. The summed E-state index contributed by atoms with van der Waals surface area (Å²) < 4.78 is 0. The van der Waals surface area contributed by atoms with Gasteiger partial charge in [-0.3, -0.25) is 0 Å².